The lowest BCUT2D eigenvalue weighted by Gasteiger charge is -2.46. The quantitative estimate of drug-likeness (QED) is 0.811. The SMILES string of the molecule is CC(C1CCCCC1)N1CCN(C)CC1CN. The van der Waals surface area contributed by atoms with Crippen LogP contribution in [0.4, 0.5) is 0 Å². The summed E-state index contributed by atoms with van der Waals surface area (Å²) in [5.74, 6) is 0.918. The van der Waals surface area contributed by atoms with E-state index >= 15 is 0 Å². The second-order valence-electron chi connectivity index (χ2n) is 6.03. The molecular formula is C14H29N3. The third kappa shape index (κ3) is 3.21. The van der Waals surface area contributed by atoms with Crippen LogP contribution in [0.3, 0.4) is 0 Å². The van der Waals surface area contributed by atoms with E-state index in [1.807, 2.05) is 0 Å². The summed E-state index contributed by atoms with van der Waals surface area (Å²) in [6.07, 6.45) is 7.20. The van der Waals surface area contributed by atoms with Crippen LogP contribution in [0.15, 0.2) is 0 Å². The Hall–Kier alpha value is -0.120. The smallest absolute Gasteiger partial charge is 0.0349 e. The highest BCUT2D eigenvalue weighted by Crippen LogP contribution is 2.30. The fourth-order valence-electron chi connectivity index (χ4n) is 3.66. The summed E-state index contributed by atoms with van der Waals surface area (Å²) in [7, 11) is 2.21. The summed E-state index contributed by atoms with van der Waals surface area (Å²) in [5, 5.41) is 0. The van der Waals surface area contributed by atoms with Crippen molar-refractivity contribution in [3.8, 4) is 0 Å². The Kier molecular flexibility index (Phi) is 4.83. The molecule has 1 aliphatic carbocycles. The van der Waals surface area contributed by atoms with E-state index in [9.17, 15) is 0 Å². The summed E-state index contributed by atoms with van der Waals surface area (Å²) in [6.45, 7) is 6.79. The topological polar surface area (TPSA) is 32.5 Å². The van der Waals surface area contributed by atoms with E-state index in [1.54, 1.807) is 0 Å². The van der Waals surface area contributed by atoms with E-state index in [-0.39, 0.29) is 0 Å². The molecule has 0 radical (unpaired) electrons. The molecule has 3 nitrogen and oxygen atoms in total. The highest BCUT2D eigenvalue weighted by molar-refractivity contribution is 4.88. The van der Waals surface area contributed by atoms with Crippen LogP contribution in [0.1, 0.15) is 39.0 Å². The minimum atomic E-state index is 0.575. The molecule has 1 saturated carbocycles. The predicted molar refractivity (Wildman–Crippen MR) is 73.1 cm³/mol. The number of rotatable bonds is 3. The number of hydrogen-bond acceptors (Lipinski definition) is 3. The van der Waals surface area contributed by atoms with Gasteiger partial charge in [0.2, 0.25) is 0 Å². The normalized spacial score (nSPS) is 31.6. The minimum absolute atomic E-state index is 0.575. The van der Waals surface area contributed by atoms with Crippen LogP contribution in [0.5, 0.6) is 0 Å². The van der Waals surface area contributed by atoms with Crippen LogP contribution in [0, 0.1) is 5.92 Å². The third-order valence-corrected chi connectivity index (χ3v) is 4.86. The van der Waals surface area contributed by atoms with Gasteiger partial charge in [-0.2, -0.15) is 0 Å². The number of nitrogens with zero attached hydrogens (tertiary/aromatic N) is 2. The van der Waals surface area contributed by atoms with Gasteiger partial charge in [-0.1, -0.05) is 19.3 Å². The van der Waals surface area contributed by atoms with Crippen molar-refractivity contribution in [2.45, 2.75) is 51.1 Å². The van der Waals surface area contributed by atoms with Crippen molar-refractivity contribution < 1.29 is 0 Å². The maximum Gasteiger partial charge on any atom is 0.0349 e. The summed E-state index contributed by atoms with van der Waals surface area (Å²) >= 11 is 0. The summed E-state index contributed by atoms with van der Waals surface area (Å²) < 4.78 is 0. The van der Waals surface area contributed by atoms with Crippen LogP contribution < -0.4 is 5.73 Å². The Balaban J connectivity index is 1.94. The minimum Gasteiger partial charge on any atom is -0.329 e. The van der Waals surface area contributed by atoms with Crippen molar-refractivity contribution in [2.24, 2.45) is 11.7 Å². The molecule has 0 aromatic heterocycles. The van der Waals surface area contributed by atoms with Gasteiger partial charge in [0.1, 0.15) is 0 Å². The molecule has 0 bridgehead atoms. The van der Waals surface area contributed by atoms with Gasteiger partial charge in [-0.3, -0.25) is 4.90 Å². The van der Waals surface area contributed by atoms with Crippen molar-refractivity contribution in [3.63, 3.8) is 0 Å². The van der Waals surface area contributed by atoms with Crippen molar-refractivity contribution in [1.82, 2.24) is 9.80 Å². The fourth-order valence-corrected chi connectivity index (χ4v) is 3.66. The standard InChI is InChI=1S/C14H29N3/c1-12(13-6-4-3-5-7-13)17-9-8-16(2)11-14(17)10-15/h12-14H,3-11,15H2,1-2H3. The molecule has 1 heterocycles. The molecule has 2 aliphatic rings. The molecule has 2 rings (SSSR count). The molecule has 0 aromatic rings. The molecule has 3 heteroatoms. The molecule has 2 N–H and O–H groups in total. The number of piperazine rings is 1. The molecule has 2 atom stereocenters. The summed E-state index contributed by atoms with van der Waals surface area (Å²) in [4.78, 5) is 5.11. The lowest BCUT2D eigenvalue weighted by atomic mass is 9.83. The lowest BCUT2D eigenvalue weighted by molar-refractivity contribution is 0.0310. The first-order valence-electron chi connectivity index (χ1n) is 7.36. The molecule has 0 spiro atoms. The second kappa shape index (κ2) is 6.17. The Morgan fingerprint density at radius 2 is 1.88 bits per heavy atom. The van der Waals surface area contributed by atoms with Crippen LogP contribution in [0.2, 0.25) is 0 Å². The molecule has 100 valence electrons. The van der Waals surface area contributed by atoms with Crippen molar-refractivity contribution in [2.75, 3.05) is 33.2 Å². The zero-order valence-electron chi connectivity index (χ0n) is 11.6. The van der Waals surface area contributed by atoms with Gasteiger partial charge in [-0.05, 0) is 32.7 Å². The first-order chi connectivity index (χ1) is 8.22. The van der Waals surface area contributed by atoms with Gasteiger partial charge in [-0.25, -0.2) is 0 Å². The molecule has 0 aromatic carbocycles. The van der Waals surface area contributed by atoms with Gasteiger partial charge >= 0.3 is 0 Å². The van der Waals surface area contributed by atoms with Crippen molar-refractivity contribution in [1.29, 1.82) is 0 Å². The van der Waals surface area contributed by atoms with Gasteiger partial charge < -0.3 is 10.6 Å². The van der Waals surface area contributed by atoms with Crippen molar-refractivity contribution >= 4 is 0 Å². The highest BCUT2D eigenvalue weighted by atomic mass is 15.3. The van der Waals surface area contributed by atoms with Gasteiger partial charge in [0, 0.05) is 38.3 Å². The van der Waals surface area contributed by atoms with E-state index < -0.39 is 0 Å². The van der Waals surface area contributed by atoms with Gasteiger partial charge in [-0.15, -0.1) is 0 Å². The average Bonchev–Trinajstić information content (AvgIpc) is 2.39. The predicted octanol–water partition coefficient (Wildman–Crippen LogP) is 1.53. The molecule has 0 amide bonds. The van der Waals surface area contributed by atoms with E-state index in [0.29, 0.717) is 6.04 Å². The summed E-state index contributed by atoms with van der Waals surface area (Å²) in [6, 6.07) is 1.31. The van der Waals surface area contributed by atoms with E-state index in [2.05, 4.69) is 23.8 Å². The maximum absolute atomic E-state index is 5.95. The number of likely N-dealkylation sites (N-methyl/N-ethyl adjacent to an activating group) is 1. The summed E-state index contributed by atoms with van der Waals surface area (Å²) in [5.41, 5.74) is 5.95. The van der Waals surface area contributed by atoms with Crippen LogP contribution in [-0.4, -0.2) is 55.1 Å². The third-order valence-electron chi connectivity index (χ3n) is 4.86. The largest absolute Gasteiger partial charge is 0.329 e. The molecule has 1 saturated heterocycles. The number of nitrogens with two attached hydrogens (primary N) is 1. The van der Waals surface area contributed by atoms with E-state index in [4.69, 9.17) is 5.73 Å². The van der Waals surface area contributed by atoms with Crippen molar-refractivity contribution in [3.05, 3.63) is 0 Å². The second-order valence-corrected chi connectivity index (χ2v) is 6.03. The van der Waals surface area contributed by atoms with Crippen LogP contribution in [-0.2, 0) is 0 Å². The Bertz CT molecular complexity index is 226. The highest BCUT2D eigenvalue weighted by Gasteiger charge is 2.32. The van der Waals surface area contributed by atoms with Crippen LogP contribution >= 0.6 is 0 Å². The Morgan fingerprint density at radius 3 is 2.53 bits per heavy atom. The van der Waals surface area contributed by atoms with Gasteiger partial charge in [0.05, 0.1) is 0 Å². The molecular weight excluding hydrogens is 210 g/mol. The maximum atomic E-state index is 5.95. The van der Waals surface area contributed by atoms with E-state index in [1.165, 1.54) is 45.2 Å². The Labute approximate surface area is 106 Å². The first kappa shape index (κ1) is 13.3. The monoisotopic (exact) mass is 239 g/mol. The lowest BCUT2D eigenvalue weighted by Crippen LogP contribution is -2.59. The zero-order valence-corrected chi connectivity index (χ0v) is 11.6. The van der Waals surface area contributed by atoms with Gasteiger partial charge in [0.15, 0.2) is 0 Å². The average molecular weight is 239 g/mol. The molecule has 1 aliphatic heterocycles. The molecule has 17 heavy (non-hydrogen) atoms. The van der Waals surface area contributed by atoms with Crippen LogP contribution in [0.25, 0.3) is 0 Å². The molecule has 2 unspecified atom stereocenters. The number of hydrogen-bond donors (Lipinski definition) is 1. The van der Waals surface area contributed by atoms with E-state index in [0.717, 1.165) is 25.0 Å². The van der Waals surface area contributed by atoms with Gasteiger partial charge in [0.25, 0.3) is 0 Å². The zero-order chi connectivity index (χ0) is 12.3. The fraction of sp³-hybridized carbons (Fsp3) is 1.00. The Morgan fingerprint density at radius 1 is 1.18 bits per heavy atom. The first-order valence-corrected chi connectivity index (χ1v) is 7.36. The molecule has 2 fully saturated rings.